The van der Waals surface area contributed by atoms with Crippen LogP contribution in [-0.4, -0.2) is 47.3 Å². The molecule has 6 nitrogen and oxygen atoms in total. The van der Waals surface area contributed by atoms with Crippen molar-refractivity contribution < 1.29 is 14.3 Å². The number of H-pyrrole nitrogens is 1. The molecular weight excluding hydrogens is 294 g/mol. The van der Waals surface area contributed by atoms with Gasteiger partial charge in [0.25, 0.3) is 5.91 Å². The van der Waals surface area contributed by atoms with E-state index in [1.165, 1.54) is 12.8 Å². The average molecular weight is 313 g/mol. The molecule has 120 valence electrons. The lowest BCUT2D eigenvalue weighted by Gasteiger charge is -2.29. The van der Waals surface area contributed by atoms with Crippen molar-refractivity contribution in [2.45, 2.75) is 24.9 Å². The van der Waals surface area contributed by atoms with Crippen molar-refractivity contribution in [2.75, 3.05) is 20.2 Å². The Morgan fingerprint density at radius 3 is 2.91 bits per heavy atom. The summed E-state index contributed by atoms with van der Waals surface area (Å²) < 4.78 is 11.6. The van der Waals surface area contributed by atoms with E-state index in [9.17, 15) is 4.79 Å². The molecule has 1 aliphatic carbocycles. The summed E-state index contributed by atoms with van der Waals surface area (Å²) in [7, 11) is 1.76. The molecule has 0 saturated heterocycles. The average Bonchev–Trinajstić information content (AvgIpc) is 3.31. The van der Waals surface area contributed by atoms with Gasteiger partial charge in [-0.25, -0.2) is 0 Å². The Bertz CT molecular complexity index is 723. The first-order chi connectivity index (χ1) is 11.2. The predicted molar refractivity (Wildman–Crippen MR) is 83.9 cm³/mol. The Hall–Kier alpha value is -2.50. The van der Waals surface area contributed by atoms with Crippen molar-refractivity contribution in [1.29, 1.82) is 0 Å². The van der Waals surface area contributed by atoms with Crippen molar-refractivity contribution in [3.63, 3.8) is 0 Å². The Morgan fingerprint density at radius 1 is 1.35 bits per heavy atom. The number of para-hydroxylation sites is 2. The number of carbonyl (C=O) groups excluding carboxylic acids is 1. The number of likely N-dealkylation sites (N-methyl/N-ethyl adjacent to an activating group) is 1. The van der Waals surface area contributed by atoms with E-state index >= 15 is 0 Å². The van der Waals surface area contributed by atoms with Crippen LogP contribution in [0.3, 0.4) is 0 Å². The molecule has 2 aromatic rings. The van der Waals surface area contributed by atoms with Crippen LogP contribution in [0.15, 0.2) is 30.3 Å². The lowest BCUT2D eigenvalue weighted by molar-refractivity contribution is 0.0517. The molecule has 2 aliphatic rings. The normalized spacial score (nSPS) is 19.4. The Morgan fingerprint density at radius 2 is 2.13 bits per heavy atom. The van der Waals surface area contributed by atoms with E-state index in [2.05, 4.69) is 10.2 Å². The molecule has 4 rings (SSSR count). The molecule has 6 heteroatoms. The summed E-state index contributed by atoms with van der Waals surface area (Å²) in [6.07, 6.45) is 2.18. The molecule has 23 heavy (non-hydrogen) atoms. The van der Waals surface area contributed by atoms with Crippen molar-refractivity contribution in [1.82, 2.24) is 15.1 Å². The molecule has 1 fully saturated rings. The maximum atomic E-state index is 12.5. The zero-order valence-electron chi connectivity index (χ0n) is 13.0. The van der Waals surface area contributed by atoms with Crippen LogP contribution in [0.25, 0.3) is 0 Å². The largest absolute Gasteiger partial charge is 0.486 e. The highest BCUT2D eigenvalue weighted by molar-refractivity contribution is 5.92. The zero-order chi connectivity index (χ0) is 15.8. The van der Waals surface area contributed by atoms with Crippen molar-refractivity contribution in [2.24, 2.45) is 0 Å². The molecule has 1 N–H and O–H groups in total. The standard InChI is InChI=1S/C17H19N3O3/c1-20(17(21)14-8-13(18-19-14)11-6-7-11)9-12-10-22-15-4-2-3-5-16(15)23-12/h2-5,8,11-12H,6-7,9-10H2,1H3,(H,18,19)/t12-/m1/s1. The number of fused-ring (bicyclic) bond motifs is 1. The van der Waals surface area contributed by atoms with Crippen LogP contribution in [0.5, 0.6) is 11.5 Å². The van der Waals surface area contributed by atoms with Gasteiger partial charge >= 0.3 is 0 Å². The summed E-state index contributed by atoms with van der Waals surface area (Å²) in [4.78, 5) is 14.1. The first-order valence-electron chi connectivity index (χ1n) is 7.90. The minimum Gasteiger partial charge on any atom is -0.486 e. The van der Waals surface area contributed by atoms with Crippen molar-refractivity contribution in [3.05, 3.63) is 41.7 Å². The molecule has 0 bridgehead atoms. The van der Waals surface area contributed by atoms with Crippen LogP contribution in [0.2, 0.25) is 0 Å². The second kappa shape index (κ2) is 5.61. The van der Waals surface area contributed by atoms with Crippen LogP contribution < -0.4 is 9.47 Å². The molecule has 0 spiro atoms. The van der Waals surface area contributed by atoms with Crippen LogP contribution >= 0.6 is 0 Å². The van der Waals surface area contributed by atoms with Gasteiger partial charge in [0.2, 0.25) is 0 Å². The fraction of sp³-hybridized carbons (Fsp3) is 0.412. The van der Waals surface area contributed by atoms with Crippen molar-refractivity contribution in [3.8, 4) is 11.5 Å². The molecule has 1 aromatic carbocycles. The number of hydrogen-bond donors (Lipinski definition) is 1. The van der Waals surface area contributed by atoms with Gasteiger partial charge in [0, 0.05) is 18.7 Å². The Labute approximate surface area is 134 Å². The number of nitrogens with zero attached hydrogens (tertiary/aromatic N) is 2. The van der Waals surface area contributed by atoms with Crippen LogP contribution in [-0.2, 0) is 0 Å². The van der Waals surface area contributed by atoms with Crippen molar-refractivity contribution >= 4 is 5.91 Å². The lowest BCUT2D eigenvalue weighted by atomic mass is 10.2. The Balaban J connectivity index is 1.39. The molecule has 1 aliphatic heterocycles. The van der Waals surface area contributed by atoms with E-state index in [0.29, 0.717) is 24.8 Å². The second-order valence-corrected chi connectivity index (χ2v) is 6.17. The minimum atomic E-state index is -0.180. The summed E-state index contributed by atoms with van der Waals surface area (Å²) in [5.41, 5.74) is 1.53. The predicted octanol–water partition coefficient (Wildman–Crippen LogP) is 2.20. The SMILES string of the molecule is CN(C[C@@H]1COc2ccccc2O1)C(=O)c1cc(C2CC2)[nH]n1. The number of aromatic amines is 1. The molecule has 2 heterocycles. The molecular formula is C17H19N3O3. The van der Waals surface area contributed by atoms with Crippen LogP contribution in [0.1, 0.15) is 34.9 Å². The minimum absolute atomic E-state index is 0.101. The number of ether oxygens (including phenoxy) is 2. The molecule has 0 radical (unpaired) electrons. The first-order valence-corrected chi connectivity index (χ1v) is 7.90. The summed E-state index contributed by atoms with van der Waals surface area (Å²) in [6.45, 7) is 0.890. The first kappa shape index (κ1) is 14.1. The van der Waals surface area contributed by atoms with Gasteiger partial charge in [-0.15, -0.1) is 0 Å². The van der Waals surface area contributed by atoms with E-state index in [1.807, 2.05) is 30.3 Å². The summed E-state index contributed by atoms with van der Waals surface area (Å²) in [5, 5.41) is 7.11. The zero-order valence-corrected chi connectivity index (χ0v) is 13.0. The van der Waals surface area contributed by atoms with E-state index in [0.717, 1.165) is 17.2 Å². The molecule has 1 aromatic heterocycles. The fourth-order valence-electron chi connectivity index (χ4n) is 2.79. The van der Waals surface area contributed by atoms with E-state index in [-0.39, 0.29) is 12.0 Å². The van der Waals surface area contributed by atoms with Gasteiger partial charge in [0.15, 0.2) is 17.6 Å². The third-order valence-electron chi connectivity index (χ3n) is 4.23. The number of amides is 1. The Kier molecular flexibility index (Phi) is 3.44. The van der Waals surface area contributed by atoms with E-state index in [1.54, 1.807) is 11.9 Å². The topological polar surface area (TPSA) is 67.5 Å². The summed E-state index contributed by atoms with van der Waals surface area (Å²) >= 11 is 0. The number of benzene rings is 1. The summed E-state index contributed by atoms with van der Waals surface area (Å²) in [6, 6.07) is 9.43. The number of nitrogens with one attached hydrogen (secondary N) is 1. The van der Waals surface area contributed by atoms with E-state index in [4.69, 9.17) is 9.47 Å². The molecule has 1 amide bonds. The van der Waals surface area contributed by atoms with Gasteiger partial charge in [-0.05, 0) is 31.0 Å². The highest BCUT2D eigenvalue weighted by Gasteiger charge is 2.28. The smallest absolute Gasteiger partial charge is 0.274 e. The van der Waals surface area contributed by atoms with Gasteiger partial charge in [-0.1, -0.05) is 12.1 Å². The number of carbonyl (C=O) groups is 1. The number of aromatic nitrogens is 2. The third-order valence-corrected chi connectivity index (χ3v) is 4.23. The van der Waals surface area contributed by atoms with Crippen LogP contribution in [0.4, 0.5) is 0 Å². The molecule has 0 unspecified atom stereocenters. The lowest BCUT2D eigenvalue weighted by Crippen LogP contribution is -2.41. The maximum Gasteiger partial charge on any atom is 0.274 e. The quantitative estimate of drug-likeness (QED) is 0.939. The molecule has 1 atom stereocenters. The van der Waals surface area contributed by atoms with Gasteiger partial charge in [0.1, 0.15) is 12.3 Å². The van der Waals surface area contributed by atoms with Gasteiger partial charge in [-0.2, -0.15) is 5.10 Å². The highest BCUT2D eigenvalue weighted by Crippen LogP contribution is 2.39. The highest BCUT2D eigenvalue weighted by atomic mass is 16.6. The fourth-order valence-corrected chi connectivity index (χ4v) is 2.79. The third kappa shape index (κ3) is 2.88. The molecule has 1 saturated carbocycles. The van der Waals surface area contributed by atoms with Gasteiger partial charge < -0.3 is 14.4 Å². The number of hydrogen-bond acceptors (Lipinski definition) is 4. The van der Waals surface area contributed by atoms with Gasteiger partial charge in [-0.3, -0.25) is 9.89 Å². The monoisotopic (exact) mass is 313 g/mol. The number of rotatable bonds is 4. The van der Waals surface area contributed by atoms with E-state index < -0.39 is 0 Å². The summed E-state index contributed by atoms with van der Waals surface area (Å²) in [5.74, 6) is 1.93. The second-order valence-electron chi connectivity index (χ2n) is 6.17. The maximum absolute atomic E-state index is 12.5. The van der Waals surface area contributed by atoms with Crippen LogP contribution in [0, 0.1) is 0 Å². The van der Waals surface area contributed by atoms with Gasteiger partial charge in [0.05, 0.1) is 6.54 Å².